The first kappa shape index (κ1) is 20.7. The molecule has 156 valence electrons. The summed E-state index contributed by atoms with van der Waals surface area (Å²) in [7, 11) is 0. The Kier molecular flexibility index (Phi) is 6.65. The van der Waals surface area contributed by atoms with Crippen molar-refractivity contribution in [1.82, 2.24) is 9.97 Å². The van der Waals surface area contributed by atoms with E-state index in [0.717, 1.165) is 28.7 Å². The lowest BCUT2D eigenvalue weighted by molar-refractivity contribution is -0.115. The van der Waals surface area contributed by atoms with Gasteiger partial charge in [0.1, 0.15) is 11.4 Å². The molecule has 2 heterocycles. The third-order valence-electron chi connectivity index (χ3n) is 4.80. The van der Waals surface area contributed by atoms with Gasteiger partial charge in [0.2, 0.25) is 11.9 Å². The number of nitrogens with one attached hydrogen (secondary N) is 2. The summed E-state index contributed by atoms with van der Waals surface area (Å²) >= 11 is 1.51. The van der Waals surface area contributed by atoms with Gasteiger partial charge in [0.25, 0.3) is 0 Å². The Hall–Kier alpha value is -3.57. The van der Waals surface area contributed by atoms with Crippen molar-refractivity contribution >= 4 is 40.7 Å². The highest BCUT2D eigenvalue weighted by molar-refractivity contribution is 7.99. The second-order valence-electron chi connectivity index (χ2n) is 7.10. The zero-order valence-electron chi connectivity index (χ0n) is 16.9. The second-order valence-corrected chi connectivity index (χ2v) is 8.19. The number of carbonyl (C=O) groups excluding carboxylic acids is 1. The molecule has 0 atom stereocenters. The van der Waals surface area contributed by atoms with E-state index in [2.05, 4.69) is 37.6 Å². The minimum Gasteiger partial charge on any atom is -0.371 e. The molecule has 2 N–H and O–H groups in total. The van der Waals surface area contributed by atoms with E-state index in [1.807, 2.05) is 48.5 Å². The van der Waals surface area contributed by atoms with Crippen molar-refractivity contribution in [3.8, 4) is 6.07 Å². The normalized spacial score (nSPS) is 12.9. The summed E-state index contributed by atoms with van der Waals surface area (Å²) in [6, 6.07) is 19.4. The average Bonchev–Trinajstić information content (AvgIpc) is 3.31. The van der Waals surface area contributed by atoms with Gasteiger partial charge in [0.15, 0.2) is 0 Å². The fraction of sp³-hybridized carbons (Fsp3) is 0.217. The molecule has 0 radical (unpaired) electrons. The second kappa shape index (κ2) is 9.96. The molecule has 1 aliphatic heterocycles. The molecule has 7 nitrogen and oxygen atoms in total. The summed E-state index contributed by atoms with van der Waals surface area (Å²) in [5, 5.41) is 15.4. The van der Waals surface area contributed by atoms with Crippen molar-refractivity contribution in [3.05, 3.63) is 60.8 Å². The molecule has 3 aromatic rings. The van der Waals surface area contributed by atoms with Gasteiger partial charge >= 0.3 is 0 Å². The number of amides is 1. The summed E-state index contributed by atoms with van der Waals surface area (Å²) in [6.07, 6.45) is 4.06. The number of benzene rings is 2. The first-order valence-corrected chi connectivity index (χ1v) is 10.9. The third kappa shape index (κ3) is 5.74. The molecule has 0 spiro atoms. The molecule has 0 saturated carbocycles. The van der Waals surface area contributed by atoms with Crippen LogP contribution >= 0.6 is 11.8 Å². The quantitative estimate of drug-likeness (QED) is 0.519. The highest BCUT2D eigenvalue weighted by Gasteiger charge is 2.12. The number of hydrogen-bond acceptors (Lipinski definition) is 7. The van der Waals surface area contributed by atoms with E-state index >= 15 is 0 Å². The summed E-state index contributed by atoms with van der Waals surface area (Å²) < 4.78 is 0. The van der Waals surface area contributed by atoms with Gasteiger partial charge in [-0.2, -0.15) is 5.26 Å². The number of hydrogen-bond donors (Lipinski definition) is 2. The van der Waals surface area contributed by atoms with Crippen molar-refractivity contribution in [1.29, 1.82) is 5.26 Å². The fourth-order valence-corrected chi connectivity index (χ4v) is 4.12. The van der Waals surface area contributed by atoms with Crippen LogP contribution in [-0.2, 0) is 4.79 Å². The van der Waals surface area contributed by atoms with E-state index in [-0.39, 0.29) is 12.3 Å². The highest BCUT2D eigenvalue weighted by atomic mass is 32.2. The molecule has 1 amide bonds. The van der Waals surface area contributed by atoms with Crippen molar-refractivity contribution in [2.45, 2.75) is 29.2 Å². The van der Waals surface area contributed by atoms with Crippen LogP contribution in [-0.4, -0.2) is 29.0 Å². The lowest BCUT2D eigenvalue weighted by Gasteiger charge is -2.18. The molecule has 2 aromatic carbocycles. The van der Waals surface area contributed by atoms with Crippen molar-refractivity contribution in [2.75, 3.05) is 28.6 Å². The maximum absolute atomic E-state index is 11.5. The van der Waals surface area contributed by atoms with Gasteiger partial charge < -0.3 is 15.5 Å². The Morgan fingerprint density at radius 2 is 1.90 bits per heavy atom. The van der Waals surface area contributed by atoms with Crippen LogP contribution in [0.5, 0.6) is 0 Å². The first-order chi connectivity index (χ1) is 15.2. The van der Waals surface area contributed by atoms with Crippen molar-refractivity contribution in [2.24, 2.45) is 0 Å². The van der Waals surface area contributed by atoms with Crippen LogP contribution < -0.4 is 15.5 Å². The molecule has 8 heteroatoms. The Morgan fingerprint density at radius 1 is 1.10 bits per heavy atom. The highest BCUT2D eigenvalue weighted by Crippen LogP contribution is 2.29. The van der Waals surface area contributed by atoms with Crippen LogP contribution in [0.15, 0.2) is 70.7 Å². The van der Waals surface area contributed by atoms with Gasteiger partial charge in [-0.15, -0.1) is 0 Å². The predicted molar refractivity (Wildman–Crippen MR) is 123 cm³/mol. The van der Waals surface area contributed by atoms with E-state index in [9.17, 15) is 4.79 Å². The standard InChI is InChI=1S/C23H22N6OS/c24-12-10-21(30)26-17-6-8-20(9-7-17)31-22-11-13-25-23(28-22)27-18-4-3-5-19(16-18)29-14-1-2-15-29/h3-9,11,13,16H,1-2,10,14-15H2,(H,26,30)(H,25,27,28). The predicted octanol–water partition coefficient (Wildman–Crippen LogP) is 4.82. The lowest BCUT2D eigenvalue weighted by Crippen LogP contribution is -2.17. The van der Waals surface area contributed by atoms with Crippen LogP contribution in [0.25, 0.3) is 0 Å². The van der Waals surface area contributed by atoms with Gasteiger partial charge in [-0.05, 0) is 61.4 Å². The Balaban J connectivity index is 1.40. The molecule has 0 aliphatic carbocycles. The number of nitriles is 1. The van der Waals surface area contributed by atoms with Crippen LogP contribution in [0.4, 0.5) is 23.0 Å². The smallest absolute Gasteiger partial charge is 0.238 e. The number of anilines is 4. The third-order valence-corrected chi connectivity index (χ3v) is 5.75. The molecular formula is C23H22N6OS. The topological polar surface area (TPSA) is 93.9 Å². The summed E-state index contributed by atoms with van der Waals surface area (Å²) in [5.41, 5.74) is 2.84. The Labute approximate surface area is 185 Å². The summed E-state index contributed by atoms with van der Waals surface area (Å²) in [6.45, 7) is 2.21. The summed E-state index contributed by atoms with van der Waals surface area (Å²) in [4.78, 5) is 23.8. The average molecular weight is 431 g/mol. The molecule has 4 rings (SSSR count). The maximum atomic E-state index is 11.5. The van der Waals surface area contributed by atoms with Crippen molar-refractivity contribution in [3.63, 3.8) is 0 Å². The van der Waals surface area contributed by atoms with Gasteiger partial charge in [0.05, 0.1) is 6.07 Å². The first-order valence-electron chi connectivity index (χ1n) is 10.1. The van der Waals surface area contributed by atoms with Gasteiger partial charge in [-0.25, -0.2) is 9.97 Å². The van der Waals surface area contributed by atoms with E-state index < -0.39 is 0 Å². The molecule has 0 bridgehead atoms. The molecule has 1 aromatic heterocycles. The van der Waals surface area contributed by atoms with E-state index in [4.69, 9.17) is 5.26 Å². The number of nitrogens with zero attached hydrogens (tertiary/aromatic N) is 4. The minimum atomic E-state index is -0.316. The largest absolute Gasteiger partial charge is 0.371 e. The van der Waals surface area contributed by atoms with Gasteiger partial charge in [-0.1, -0.05) is 17.8 Å². The molecule has 0 unspecified atom stereocenters. The number of aromatic nitrogens is 2. The van der Waals surface area contributed by atoms with Gasteiger partial charge in [-0.3, -0.25) is 4.79 Å². The SMILES string of the molecule is N#CCC(=O)Nc1ccc(Sc2ccnc(Nc3cccc(N4CCCC4)c3)n2)cc1. The molecular weight excluding hydrogens is 408 g/mol. The fourth-order valence-electron chi connectivity index (χ4n) is 3.35. The van der Waals surface area contributed by atoms with Crippen LogP contribution in [0.2, 0.25) is 0 Å². The lowest BCUT2D eigenvalue weighted by atomic mass is 10.2. The van der Waals surface area contributed by atoms with Crippen LogP contribution in [0, 0.1) is 11.3 Å². The Morgan fingerprint density at radius 3 is 2.68 bits per heavy atom. The summed E-state index contributed by atoms with van der Waals surface area (Å²) in [5.74, 6) is 0.229. The molecule has 31 heavy (non-hydrogen) atoms. The molecule has 1 fully saturated rings. The minimum absolute atomic E-state index is 0.159. The van der Waals surface area contributed by atoms with Gasteiger partial charge in [0, 0.05) is 41.2 Å². The van der Waals surface area contributed by atoms with E-state index in [1.165, 1.54) is 30.3 Å². The van der Waals surface area contributed by atoms with Crippen LogP contribution in [0.1, 0.15) is 19.3 Å². The zero-order valence-corrected chi connectivity index (χ0v) is 17.7. The van der Waals surface area contributed by atoms with E-state index in [1.54, 1.807) is 6.20 Å². The Bertz CT molecular complexity index is 1090. The number of rotatable bonds is 7. The monoisotopic (exact) mass is 430 g/mol. The molecule has 1 saturated heterocycles. The van der Waals surface area contributed by atoms with Crippen LogP contribution in [0.3, 0.4) is 0 Å². The zero-order chi connectivity index (χ0) is 21.5. The molecule has 1 aliphatic rings. The van der Waals surface area contributed by atoms with E-state index in [0.29, 0.717) is 11.6 Å². The maximum Gasteiger partial charge on any atom is 0.238 e. The number of carbonyl (C=O) groups is 1. The van der Waals surface area contributed by atoms with Crippen molar-refractivity contribution < 1.29 is 4.79 Å².